The van der Waals surface area contributed by atoms with Crippen molar-refractivity contribution in [1.82, 2.24) is 4.98 Å². The molecular formula is C14H14F3N3. The summed E-state index contributed by atoms with van der Waals surface area (Å²) < 4.78 is 37.8. The lowest BCUT2D eigenvalue weighted by Crippen LogP contribution is -2.06. The molecule has 2 aromatic rings. The third kappa shape index (κ3) is 3.48. The summed E-state index contributed by atoms with van der Waals surface area (Å²) in [5, 5.41) is 2.83. The van der Waals surface area contributed by atoms with Crippen molar-refractivity contribution in [2.24, 2.45) is 5.73 Å². The van der Waals surface area contributed by atoms with Gasteiger partial charge in [0.05, 0.1) is 5.56 Å². The standard InChI is InChI=1S/C14H14F3N3/c1-9(18)10-5-6-13(19-8-10)20-12-4-2-3-11(7-12)14(15,16)17/h2-9H,18H2,1H3,(H,19,20). The third-order valence-corrected chi connectivity index (χ3v) is 2.77. The Morgan fingerprint density at radius 1 is 1.20 bits per heavy atom. The lowest BCUT2D eigenvalue weighted by molar-refractivity contribution is -0.137. The van der Waals surface area contributed by atoms with Crippen molar-refractivity contribution in [2.45, 2.75) is 19.1 Å². The summed E-state index contributed by atoms with van der Waals surface area (Å²) in [6, 6.07) is 8.30. The van der Waals surface area contributed by atoms with Crippen LogP contribution in [0.1, 0.15) is 24.1 Å². The molecule has 0 saturated carbocycles. The Morgan fingerprint density at radius 3 is 2.50 bits per heavy atom. The van der Waals surface area contributed by atoms with Crippen molar-refractivity contribution in [3.05, 3.63) is 53.7 Å². The van der Waals surface area contributed by atoms with Gasteiger partial charge >= 0.3 is 6.18 Å². The second-order valence-corrected chi connectivity index (χ2v) is 4.47. The molecule has 1 unspecified atom stereocenters. The van der Waals surface area contributed by atoms with Gasteiger partial charge in [-0.1, -0.05) is 12.1 Å². The number of aromatic nitrogens is 1. The molecule has 3 nitrogen and oxygen atoms in total. The lowest BCUT2D eigenvalue weighted by atomic mass is 10.1. The normalized spacial score (nSPS) is 13.1. The van der Waals surface area contributed by atoms with Crippen LogP contribution in [0.15, 0.2) is 42.6 Å². The molecule has 0 aliphatic carbocycles. The summed E-state index contributed by atoms with van der Waals surface area (Å²) >= 11 is 0. The molecule has 0 radical (unpaired) electrons. The number of alkyl halides is 3. The molecule has 0 aliphatic heterocycles. The van der Waals surface area contributed by atoms with E-state index in [2.05, 4.69) is 10.3 Å². The number of rotatable bonds is 3. The smallest absolute Gasteiger partial charge is 0.340 e. The maximum absolute atomic E-state index is 12.6. The summed E-state index contributed by atoms with van der Waals surface area (Å²) in [6.07, 6.45) is -2.76. The molecule has 0 aliphatic rings. The maximum atomic E-state index is 12.6. The maximum Gasteiger partial charge on any atom is 0.416 e. The molecule has 0 fully saturated rings. The van der Waals surface area contributed by atoms with Crippen LogP contribution in [0.4, 0.5) is 24.7 Å². The molecule has 0 saturated heterocycles. The Hall–Kier alpha value is -2.08. The highest BCUT2D eigenvalue weighted by Crippen LogP contribution is 2.31. The van der Waals surface area contributed by atoms with E-state index in [0.29, 0.717) is 11.5 Å². The fraction of sp³-hybridized carbons (Fsp3) is 0.214. The van der Waals surface area contributed by atoms with Gasteiger partial charge in [0.25, 0.3) is 0 Å². The number of pyridine rings is 1. The van der Waals surface area contributed by atoms with Crippen molar-refractivity contribution in [3.8, 4) is 0 Å². The topological polar surface area (TPSA) is 50.9 Å². The Bertz CT molecular complexity index is 577. The van der Waals surface area contributed by atoms with Crippen LogP contribution in [0, 0.1) is 0 Å². The largest absolute Gasteiger partial charge is 0.416 e. The zero-order chi connectivity index (χ0) is 14.8. The average Bonchev–Trinajstić information content (AvgIpc) is 2.38. The van der Waals surface area contributed by atoms with E-state index in [-0.39, 0.29) is 6.04 Å². The van der Waals surface area contributed by atoms with E-state index in [1.54, 1.807) is 24.4 Å². The van der Waals surface area contributed by atoms with Gasteiger partial charge in [0, 0.05) is 17.9 Å². The highest BCUT2D eigenvalue weighted by atomic mass is 19.4. The van der Waals surface area contributed by atoms with Gasteiger partial charge in [-0.05, 0) is 36.8 Å². The second-order valence-electron chi connectivity index (χ2n) is 4.47. The molecule has 3 N–H and O–H groups in total. The Labute approximate surface area is 114 Å². The van der Waals surface area contributed by atoms with E-state index in [1.807, 2.05) is 6.92 Å². The molecule has 1 atom stereocenters. The lowest BCUT2D eigenvalue weighted by Gasteiger charge is -2.11. The van der Waals surface area contributed by atoms with E-state index in [0.717, 1.165) is 17.7 Å². The first-order valence-electron chi connectivity index (χ1n) is 6.02. The Morgan fingerprint density at radius 2 is 1.95 bits per heavy atom. The van der Waals surface area contributed by atoms with Crippen molar-refractivity contribution in [1.29, 1.82) is 0 Å². The van der Waals surface area contributed by atoms with Crippen LogP contribution in [0.3, 0.4) is 0 Å². The molecule has 20 heavy (non-hydrogen) atoms. The van der Waals surface area contributed by atoms with Crippen LogP contribution in [0.5, 0.6) is 0 Å². The van der Waals surface area contributed by atoms with E-state index in [4.69, 9.17) is 5.73 Å². The van der Waals surface area contributed by atoms with E-state index in [1.165, 1.54) is 6.07 Å². The van der Waals surface area contributed by atoms with Crippen LogP contribution in [0.2, 0.25) is 0 Å². The predicted molar refractivity (Wildman–Crippen MR) is 71.6 cm³/mol. The summed E-state index contributed by atoms with van der Waals surface area (Å²) in [4.78, 5) is 4.11. The average molecular weight is 281 g/mol. The minimum absolute atomic E-state index is 0.134. The van der Waals surface area contributed by atoms with Crippen LogP contribution < -0.4 is 11.1 Å². The van der Waals surface area contributed by atoms with Gasteiger partial charge < -0.3 is 11.1 Å². The SMILES string of the molecule is CC(N)c1ccc(Nc2cccc(C(F)(F)F)c2)nc1. The number of nitrogens with two attached hydrogens (primary N) is 1. The van der Waals surface area contributed by atoms with Gasteiger partial charge in [-0.3, -0.25) is 0 Å². The monoisotopic (exact) mass is 281 g/mol. The molecule has 2 rings (SSSR count). The molecular weight excluding hydrogens is 267 g/mol. The van der Waals surface area contributed by atoms with Crippen LogP contribution >= 0.6 is 0 Å². The van der Waals surface area contributed by atoms with Crippen LogP contribution in [-0.2, 0) is 6.18 Å². The zero-order valence-electron chi connectivity index (χ0n) is 10.8. The first-order chi connectivity index (χ1) is 9.36. The second kappa shape index (κ2) is 5.50. The third-order valence-electron chi connectivity index (χ3n) is 2.77. The summed E-state index contributed by atoms with van der Waals surface area (Å²) in [5.74, 6) is 0.466. The minimum atomic E-state index is -4.36. The predicted octanol–water partition coefficient (Wildman–Crippen LogP) is 3.86. The van der Waals surface area contributed by atoms with Gasteiger partial charge in [-0.25, -0.2) is 4.98 Å². The summed E-state index contributed by atoms with van der Waals surface area (Å²) in [5.41, 5.74) is 6.19. The Balaban J connectivity index is 2.18. The fourth-order valence-corrected chi connectivity index (χ4v) is 1.67. The van der Waals surface area contributed by atoms with Crippen LogP contribution in [-0.4, -0.2) is 4.98 Å². The fourth-order valence-electron chi connectivity index (χ4n) is 1.67. The molecule has 0 spiro atoms. The number of halogens is 3. The van der Waals surface area contributed by atoms with E-state index >= 15 is 0 Å². The summed E-state index contributed by atoms with van der Waals surface area (Å²) in [6.45, 7) is 1.83. The highest BCUT2D eigenvalue weighted by molar-refractivity contribution is 5.57. The molecule has 0 amide bonds. The zero-order valence-corrected chi connectivity index (χ0v) is 10.8. The molecule has 6 heteroatoms. The Kier molecular flexibility index (Phi) is 3.94. The molecule has 1 aromatic carbocycles. The number of nitrogens with zero attached hydrogens (tertiary/aromatic N) is 1. The van der Waals surface area contributed by atoms with Crippen molar-refractivity contribution in [2.75, 3.05) is 5.32 Å². The number of hydrogen-bond donors (Lipinski definition) is 2. The number of nitrogens with one attached hydrogen (secondary N) is 1. The number of benzene rings is 1. The summed E-state index contributed by atoms with van der Waals surface area (Å²) in [7, 11) is 0. The first-order valence-corrected chi connectivity index (χ1v) is 6.02. The number of anilines is 2. The number of hydrogen-bond acceptors (Lipinski definition) is 3. The van der Waals surface area contributed by atoms with E-state index < -0.39 is 11.7 Å². The van der Waals surface area contributed by atoms with Crippen LogP contribution in [0.25, 0.3) is 0 Å². The van der Waals surface area contributed by atoms with Crippen molar-refractivity contribution < 1.29 is 13.2 Å². The van der Waals surface area contributed by atoms with Gasteiger partial charge in [0.1, 0.15) is 5.82 Å². The highest BCUT2D eigenvalue weighted by Gasteiger charge is 2.30. The van der Waals surface area contributed by atoms with Crippen molar-refractivity contribution >= 4 is 11.5 Å². The van der Waals surface area contributed by atoms with Gasteiger partial charge in [0.15, 0.2) is 0 Å². The van der Waals surface area contributed by atoms with E-state index in [9.17, 15) is 13.2 Å². The molecule has 106 valence electrons. The molecule has 1 heterocycles. The van der Waals surface area contributed by atoms with Gasteiger partial charge in [-0.15, -0.1) is 0 Å². The van der Waals surface area contributed by atoms with Gasteiger partial charge in [0.2, 0.25) is 0 Å². The molecule has 0 bridgehead atoms. The van der Waals surface area contributed by atoms with Crippen molar-refractivity contribution in [3.63, 3.8) is 0 Å². The quantitative estimate of drug-likeness (QED) is 0.898. The minimum Gasteiger partial charge on any atom is -0.340 e. The van der Waals surface area contributed by atoms with Gasteiger partial charge in [-0.2, -0.15) is 13.2 Å². The first kappa shape index (κ1) is 14.3. The molecule has 1 aromatic heterocycles.